The number of nitrogens with one attached hydrogen (secondary N) is 1. The van der Waals surface area contributed by atoms with E-state index < -0.39 is 5.54 Å². The van der Waals surface area contributed by atoms with Crippen LogP contribution >= 0.6 is 0 Å². The summed E-state index contributed by atoms with van der Waals surface area (Å²) in [5, 5.41) is 8.33. The molecule has 1 saturated carbocycles. The normalized spacial score (nSPS) is 19.5. The van der Waals surface area contributed by atoms with Crippen LogP contribution in [-0.2, 0) is 18.4 Å². The number of piperazine rings is 1. The molecule has 0 radical (unpaired) electrons. The highest BCUT2D eigenvalue weighted by molar-refractivity contribution is 5.87. The zero-order valence-corrected chi connectivity index (χ0v) is 21.9. The van der Waals surface area contributed by atoms with Gasteiger partial charge in [0.1, 0.15) is 11.3 Å². The minimum Gasteiger partial charge on any atom is -0.490 e. The summed E-state index contributed by atoms with van der Waals surface area (Å²) in [7, 11) is 1.93. The first-order valence-corrected chi connectivity index (χ1v) is 13.3. The fourth-order valence-electron chi connectivity index (χ4n) is 5.58. The molecule has 0 atom stereocenters. The third-order valence-corrected chi connectivity index (χ3v) is 7.63. The summed E-state index contributed by atoms with van der Waals surface area (Å²) < 4.78 is 7.85. The molecule has 4 heterocycles. The minimum absolute atomic E-state index is 0.169. The van der Waals surface area contributed by atoms with E-state index >= 15 is 0 Å². The zero-order valence-electron chi connectivity index (χ0n) is 21.9. The summed E-state index contributed by atoms with van der Waals surface area (Å²) >= 11 is 0. The van der Waals surface area contributed by atoms with Crippen molar-refractivity contribution in [2.24, 2.45) is 7.05 Å². The average Bonchev–Trinajstić information content (AvgIpc) is 3.61. The molecule has 9 heteroatoms. The Morgan fingerprint density at radius 3 is 2.57 bits per heavy atom. The molecule has 194 valence electrons. The predicted molar refractivity (Wildman–Crippen MR) is 141 cm³/mol. The van der Waals surface area contributed by atoms with E-state index in [1.165, 1.54) is 0 Å². The second kappa shape index (κ2) is 9.45. The molecule has 0 unspecified atom stereocenters. The number of benzene rings is 1. The molecule has 2 saturated heterocycles. The highest BCUT2D eigenvalue weighted by atomic mass is 16.5. The minimum atomic E-state index is -0.541. The lowest BCUT2D eigenvalue weighted by Gasteiger charge is -2.47. The van der Waals surface area contributed by atoms with Crippen molar-refractivity contribution in [3.8, 4) is 16.9 Å². The van der Waals surface area contributed by atoms with Crippen molar-refractivity contribution < 1.29 is 9.53 Å². The molecule has 1 amide bonds. The first-order valence-electron chi connectivity index (χ1n) is 13.3. The zero-order chi connectivity index (χ0) is 25.6. The van der Waals surface area contributed by atoms with Crippen molar-refractivity contribution in [3.05, 3.63) is 53.6 Å². The molecule has 6 rings (SSSR count). The fourth-order valence-corrected chi connectivity index (χ4v) is 5.58. The Morgan fingerprint density at radius 2 is 1.84 bits per heavy atom. The topological polar surface area (TPSA) is 88.4 Å². The Bertz CT molecular complexity index is 1290. The van der Waals surface area contributed by atoms with Gasteiger partial charge in [0.05, 0.1) is 18.3 Å². The number of amides is 1. The molecule has 2 aliphatic heterocycles. The van der Waals surface area contributed by atoms with Gasteiger partial charge in [-0.25, -0.2) is 9.97 Å². The van der Waals surface area contributed by atoms with Crippen LogP contribution in [0.5, 0.6) is 5.75 Å². The summed E-state index contributed by atoms with van der Waals surface area (Å²) in [6, 6.07) is 10.2. The van der Waals surface area contributed by atoms with Crippen LogP contribution in [0.1, 0.15) is 42.8 Å². The van der Waals surface area contributed by atoms with Crippen LogP contribution in [0, 0.1) is 13.8 Å². The van der Waals surface area contributed by atoms with Gasteiger partial charge in [0, 0.05) is 56.4 Å². The Kier molecular flexibility index (Phi) is 6.10. The van der Waals surface area contributed by atoms with Gasteiger partial charge in [0.15, 0.2) is 0 Å². The highest BCUT2D eigenvalue weighted by Crippen LogP contribution is 2.33. The first-order chi connectivity index (χ1) is 17.9. The Labute approximate surface area is 217 Å². The number of aryl methyl sites for hydroxylation is 3. The number of nitrogens with zero attached hydrogens (tertiary/aromatic N) is 6. The Morgan fingerprint density at radius 1 is 1.08 bits per heavy atom. The third-order valence-electron chi connectivity index (χ3n) is 7.63. The van der Waals surface area contributed by atoms with Gasteiger partial charge in [-0.15, -0.1) is 0 Å². The molecule has 9 nitrogen and oxygen atoms in total. The molecule has 3 aliphatic rings. The Hall–Kier alpha value is -3.46. The van der Waals surface area contributed by atoms with Crippen LogP contribution < -0.4 is 15.0 Å². The van der Waals surface area contributed by atoms with E-state index in [2.05, 4.69) is 32.3 Å². The van der Waals surface area contributed by atoms with Gasteiger partial charge >= 0.3 is 0 Å². The molecule has 37 heavy (non-hydrogen) atoms. The second-order valence-electron chi connectivity index (χ2n) is 10.7. The van der Waals surface area contributed by atoms with E-state index in [4.69, 9.17) is 9.84 Å². The van der Waals surface area contributed by atoms with Crippen LogP contribution in [0.3, 0.4) is 0 Å². The number of hydrogen-bond donors (Lipinski definition) is 1. The van der Waals surface area contributed by atoms with E-state index in [0.717, 1.165) is 85.2 Å². The van der Waals surface area contributed by atoms with Gasteiger partial charge in [0.2, 0.25) is 11.9 Å². The number of aromatic nitrogens is 4. The maximum atomic E-state index is 13.9. The summed E-state index contributed by atoms with van der Waals surface area (Å²) in [6.45, 7) is 7.43. The third kappa shape index (κ3) is 4.92. The van der Waals surface area contributed by atoms with E-state index in [-0.39, 0.29) is 5.91 Å². The monoisotopic (exact) mass is 501 g/mol. The largest absolute Gasteiger partial charge is 0.490 e. The lowest BCUT2D eigenvalue weighted by Crippen LogP contribution is -2.67. The quantitative estimate of drug-likeness (QED) is 0.556. The van der Waals surface area contributed by atoms with Crippen LogP contribution in [0.25, 0.3) is 11.1 Å². The van der Waals surface area contributed by atoms with Crippen molar-refractivity contribution >= 4 is 11.9 Å². The number of anilines is 1. The van der Waals surface area contributed by atoms with Crippen LogP contribution in [0.15, 0.2) is 36.5 Å². The smallest absolute Gasteiger partial charge is 0.243 e. The van der Waals surface area contributed by atoms with Crippen molar-refractivity contribution in [1.82, 2.24) is 30.0 Å². The van der Waals surface area contributed by atoms with Gasteiger partial charge in [-0.3, -0.25) is 9.48 Å². The molecular formula is C28H35N7O2. The van der Waals surface area contributed by atoms with Crippen molar-refractivity contribution in [1.29, 1.82) is 0 Å². The maximum Gasteiger partial charge on any atom is 0.243 e. The summed E-state index contributed by atoms with van der Waals surface area (Å²) in [6.07, 6.45) is 6.11. The lowest BCUT2D eigenvalue weighted by atomic mass is 9.84. The molecule has 3 aromatic rings. The number of carbonyl (C=O) groups excluding carboxylic acids is 1. The van der Waals surface area contributed by atoms with Gasteiger partial charge in [0.25, 0.3) is 0 Å². The molecule has 1 N–H and O–H groups in total. The molecule has 3 fully saturated rings. The number of carbonyl (C=O) groups is 1. The fraction of sp³-hybridized carbons (Fsp3) is 0.500. The molecular weight excluding hydrogens is 466 g/mol. The van der Waals surface area contributed by atoms with Crippen LogP contribution in [0.2, 0.25) is 0 Å². The van der Waals surface area contributed by atoms with Gasteiger partial charge in [-0.1, -0.05) is 12.1 Å². The van der Waals surface area contributed by atoms with Gasteiger partial charge < -0.3 is 19.9 Å². The number of ether oxygens (including phenoxy) is 1. The molecule has 0 bridgehead atoms. The van der Waals surface area contributed by atoms with Crippen molar-refractivity contribution in [2.75, 3.05) is 31.1 Å². The summed E-state index contributed by atoms with van der Waals surface area (Å²) in [4.78, 5) is 27.3. The van der Waals surface area contributed by atoms with Crippen molar-refractivity contribution in [3.63, 3.8) is 0 Å². The molecule has 1 aliphatic carbocycles. The van der Waals surface area contributed by atoms with Crippen LogP contribution in [-0.4, -0.2) is 68.4 Å². The summed E-state index contributed by atoms with van der Waals surface area (Å²) in [5.41, 5.74) is 4.43. The molecule has 1 aromatic carbocycles. The van der Waals surface area contributed by atoms with E-state index in [0.29, 0.717) is 19.2 Å². The number of rotatable bonds is 6. The van der Waals surface area contributed by atoms with E-state index in [9.17, 15) is 4.79 Å². The average molecular weight is 502 g/mol. The standard InChI is InChI=1S/C28H35N7O2/c1-19-15-20(2)31-27(30-19)34-12-9-28(10-13-34)26(36)35(14-11-29-28)18-25-24(17-33(3)32-25)21-5-4-6-23(16-21)37-22-7-8-22/h4-6,15-17,22,29H,7-14,18H2,1-3H3. The van der Waals surface area contributed by atoms with Gasteiger partial charge in [-0.05, 0) is 63.3 Å². The molecule has 2 aromatic heterocycles. The predicted octanol–water partition coefficient (Wildman–Crippen LogP) is 3.01. The number of piperidine rings is 1. The Balaban J connectivity index is 1.18. The number of hydrogen-bond acceptors (Lipinski definition) is 7. The highest BCUT2D eigenvalue weighted by Gasteiger charge is 2.46. The summed E-state index contributed by atoms with van der Waals surface area (Å²) in [5.74, 6) is 1.83. The first kappa shape index (κ1) is 23.9. The van der Waals surface area contributed by atoms with E-state index in [1.807, 2.05) is 54.9 Å². The SMILES string of the molecule is Cc1cc(C)nc(N2CCC3(CC2)NCCN(Cc2nn(C)cc2-c2cccc(OC4CC4)c2)C3=O)n1. The maximum absolute atomic E-state index is 13.9. The van der Waals surface area contributed by atoms with Crippen molar-refractivity contribution in [2.45, 2.75) is 57.7 Å². The molecule has 1 spiro atoms. The van der Waals surface area contributed by atoms with E-state index in [1.54, 1.807) is 0 Å². The van der Waals surface area contributed by atoms with Crippen LogP contribution in [0.4, 0.5) is 5.95 Å². The second-order valence-corrected chi connectivity index (χ2v) is 10.7. The lowest BCUT2D eigenvalue weighted by molar-refractivity contribution is -0.143. The van der Waals surface area contributed by atoms with Gasteiger partial charge in [-0.2, -0.15) is 5.10 Å².